The molecule has 0 heterocycles. The minimum absolute atomic E-state index is 0.328. The summed E-state index contributed by atoms with van der Waals surface area (Å²) < 4.78 is 1.03. The minimum Gasteiger partial charge on any atom is -0.480 e. The molecular weight excluding hydrogens is 414 g/mol. The van der Waals surface area contributed by atoms with Gasteiger partial charge in [0.05, 0.1) is 3.39 Å². The summed E-state index contributed by atoms with van der Waals surface area (Å²) in [7, 11) is 0. The molecule has 0 fully saturated rings. The molecule has 0 aliphatic rings. The number of allylic oxidation sites excluding steroid dienone is 2. The molecule has 0 bridgehead atoms. The van der Waals surface area contributed by atoms with Gasteiger partial charge in [-0.1, -0.05) is 44.3 Å². The summed E-state index contributed by atoms with van der Waals surface area (Å²) in [6, 6.07) is 0. The summed E-state index contributed by atoms with van der Waals surface area (Å²) in [5.41, 5.74) is 0. The summed E-state index contributed by atoms with van der Waals surface area (Å²) in [5.74, 6) is -1.37. The van der Waals surface area contributed by atoms with Crippen LogP contribution in [0.25, 0.3) is 0 Å². The Morgan fingerprint density at radius 1 is 0.909 bits per heavy atom. The SMILES string of the molecule is O=C(O)CNC(=O)C=CCCCCCCCCCC=C(Br)Br. The number of hydrogen-bond acceptors (Lipinski definition) is 2. The van der Waals surface area contributed by atoms with Gasteiger partial charge in [0, 0.05) is 0 Å². The number of amides is 1. The quantitative estimate of drug-likeness (QED) is 0.318. The fourth-order valence-corrected chi connectivity index (χ4v) is 2.37. The number of rotatable bonds is 13. The van der Waals surface area contributed by atoms with Gasteiger partial charge >= 0.3 is 5.97 Å². The van der Waals surface area contributed by atoms with Crippen molar-refractivity contribution < 1.29 is 14.7 Å². The third-order valence-electron chi connectivity index (χ3n) is 3.06. The molecule has 0 aromatic rings. The van der Waals surface area contributed by atoms with Crippen molar-refractivity contribution in [3.63, 3.8) is 0 Å². The Bertz CT molecular complexity index is 378. The molecule has 126 valence electrons. The first-order valence-corrected chi connectivity index (χ1v) is 9.28. The maximum atomic E-state index is 11.2. The van der Waals surface area contributed by atoms with E-state index in [2.05, 4.69) is 43.3 Å². The lowest BCUT2D eigenvalue weighted by Crippen LogP contribution is -2.27. The highest BCUT2D eigenvalue weighted by atomic mass is 79.9. The van der Waals surface area contributed by atoms with E-state index in [1.165, 1.54) is 44.6 Å². The van der Waals surface area contributed by atoms with Gasteiger partial charge in [-0.3, -0.25) is 9.59 Å². The Kier molecular flexibility index (Phi) is 14.9. The van der Waals surface area contributed by atoms with Gasteiger partial charge in [0.25, 0.3) is 0 Å². The van der Waals surface area contributed by atoms with Crippen LogP contribution in [0.3, 0.4) is 0 Å². The maximum absolute atomic E-state index is 11.2. The van der Waals surface area contributed by atoms with Crippen LogP contribution in [0.4, 0.5) is 0 Å². The van der Waals surface area contributed by atoms with Gasteiger partial charge in [0.1, 0.15) is 6.54 Å². The summed E-state index contributed by atoms with van der Waals surface area (Å²) in [6.07, 6.45) is 15.9. The fourth-order valence-electron chi connectivity index (χ4n) is 1.91. The van der Waals surface area contributed by atoms with Crippen LogP contribution in [-0.4, -0.2) is 23.5 Å². The zero-order valence-corrected chi connectivity index (χ0v) is 16.0. The molecule has 22 heavy (non-hydrogen) atoms. The van der Waals surface area contributed by atoms with Crippen molar-refractivity contribution in [2.45, 2.75) is 57.8 Å². The molecule has 0 spiro atoms. The molecular formula is C16H25Br2NO3. The maximum Gasteiger partial charge on any atom is 0.322 e. The van der Waals surface area contributed by atoms with Crippen molar-refractivity contribution in [2.75, 3.05) is 6.54 Å². The molecule has 0 unspecified atom stereocenters. The first-order valence-electron chi connectivity index (χ1n) is 7.69. The van der Waals surface area contributed by atoms with Crippen molar-refractivity contribution >= 4 is 43.7 Å². The number of aliphatic carboxylic acids is 1. The molecule has 6 heteroatoms. The number of carbonyl (C=O) groups excluding carboxylic acids is 1. The molecule has 0 aromatic heterocycles. The van der Waals surface area contributed by atoms with Gasteiger partial charge in [0.2, 0.25) is 5.91 Å². The van der Waals surface area contributed by atoms with Gasteiger partial charge in [-0.05, 0) is 63.6 Å². The Labute approximate surface area is 149 Å². The standard InChI is InChI=1S/C16H25Br2NO3/c17-14(18)11-9-7-5-3-1-2-4-6-8-10-12-15(20)19-13-16(21)22/h10-12H,1-9,13H2,(H,19,20)(H,21,22). The summed E-state index contributed by atoms with van der Waals surface area (Å²) in [4.78, 5) is 21.4. The van der Waals surface area contributed by atoms with Crippen molar-refractivity contribution in [1.29, 1.82) is 0 Å². The van der Waals surface area contributed by atoms with E-state index >= 15 is 0 Å². The lowest BCUT2D eigenvalue weighted by molar-refractivity contribution is -0.137. The number of hydrogen-bond donors (Lipinski definition) is 2. The monoisotopic (exact) mass is 437 g/mol. The molecule has 4 nitrogen and oxygen atoms in total. The Morgan fingerprint density at radius 2 is 1.45 bits per heavy atom. The Balaban J connectivity index is 3.31. The third kappa shape index (κ3) is 17.4. The molecule has 0 aliphatic carbocycles. The van der Waals surface area contributed by atoms with Gasteiger partial charge in [-0.2, -0.15) is 0 Å². The lowest BCUT2D eigenvalue weighted by Gasteiger charge is -2.00. The van der Waals surface area contributed by atoms with Gasteiger partial charge < -0.3 is 10.4 Å². The molecule has 2 N–H and O–H groups in total. The second kappa shape index (κ2) is 15.3. The molecule has 0 aromatic carbocycles. The van der Waals surface area contributed by atoms with E-state index in [0.717, 1.165) is 22.7 Å². The zero-order valence-electron chi connectivity index (χ0n) is 12.8. The van der Waals surface area contributed by atoms with Crippen molar-refractivity contribution in [1.82, 2.24) is 5.32 Å². The highest BCUT2D eigenvalue weighted by Crippen LogP contribution is 2.16. The zero-order chi connectivity index (χ0) is 16.6. The first-order chi connectivity index (χ1) is 10.5. The van der Waals surface area contributed by atoms with E-state index in [1.807, 2.05) is 6.08 Å². The van der Waals surface area contributed by atoms with E-state index in [9.17, 15) is 9.59 Å². The van der Waals surface area contributed by atoms with E-state index in [1.54, 1.807) is 0 Å². The Morgan fingerprint density at radius 3 is 2.00 bits per heavy atom. The number of nitrogens with one attached hydrogen (secondary N) is 1. The largest absolute Gasteiger partial charge is 0.480 e. The molecule has 0 aliphatic heterocycles. The molecule has 0 rings (SSSR count). The second-order valence-corrected chi connectivity index (χ2v) is 7.83. The highest BCUT2D eigenvalue weighted by Gasteiger charge is 1.98. The number of unbranched alkanes of at least 4 members (excludes halogenated alkanes) is 8. The normalized spacial score (nSPS) is 10.6. The predicted molar refractivity (Wildman–Crippen MR) is 97.3 cm³/mol. The smallest absolute Gasteiger partial charge is 0.322 e. The lowest BCUT2D eigenvalue weighted by atomic mass is 10.1. The second-order valence-electron chi connectivity index (χ2n) is 5.06. The van der Waals surface area contributed by atoms with Crippen molar-refractivity contribution in [2.24, 2.45) is 0 Å². The van der Waals surface area contributed by atoms with Crippen LogP contribution in [0, 0.1) is 0 Å². The van der Waals surface area contributed by atoms with Crippen LogP contribution in [0.2, 0.25) is 0 Å². The van der Waals surface area contributed by atoms with Crippen LogP contribution in [-0.2, 0) is 9.59 Å². The van der Waals surface area contributed by atoms with Crippen molar-refractivity contribution in [3.8, 4) is 0 Å². The fraction of sp³-hybridized carbons (Fsp3) is 0.625. The molecule has 0 atom stereocenters. The number of carboxylic acids is 1. The van der Waals surface area contributed by atoms with E-state index in [4.69, 9.17) is 5.11 Å². The van der Waals surface area contributed by atoms with Gasteiger partial charge in [0.15, 0.2) is 0 Å². The van der Waals surface area contributed by atoms with Gasteiger partial charge in [-0.15, -0.1) is 0 Å². The number of carboxylic acid groups (broad SMARTS) is 1. The molecule has 0 saturated heterocycles. The molecule has 0 radical (unpaired) electrons. The van der Waals surface area contributed by atoms with Crippen LogP contribution in [0.1, 0.15) is 57.8 Å². The highest BCUT2D eigenvalue weighted by molar-refractivity contribution is 9.28. The number of halogens is 2. The summed E-state index contributed by atoms with van der Waals surface area (Å²) in [5, 5.41) is 10.7. The summed E-state index contributed by atoms with van der Waals surface area (Å²) >= 11 is 6.69. The van der Waals surface area contributed by atoms with Crippen molar-refractivity contribution in [3.05, 3.63) is 21.6 Å². The minimum atomic E-state index is -1.03. The van der Waals surface area contributed by atoms with E-state index in [0.29, 0.717) is 0 Å². The first kappa shape index (κ1) is 21.4. The van der Waals surface area contributed by atoms with E-state index in [-0.39, 0.29) is 12.5 Å². The van der Waals surface area contributed by atoms with E-state index < -0.39 is 5.97 Å². The van der Waals surface area contributed by atoms with Crippen LogP contribution in [0.15, 0.2) is 21.6 Å². The van der Waals surface area contributed by atoms with Crippen LogP contribution < -0.4 is 5.32 Å². The molecule has 1 amide bonds. The van der Waals surface area contributed by atoms with Gasteiger partial charge in [-0.25, -0.2) is 0 Å². The van der Waals surface area contributed by atoms with Crippen LogP contribution >= 0.6 is 31.9 Å². The van der Waals surface area contributed by atoms with Crippen LogP contribution in [0.5, 0.6) is 0 Å². The number of carbonyl (C=O) groups is 2. The topological polar surface area (TPSA) is 66.4 Å². The molecule has 0 saturated carbocycles. The Hall–Kier alpha value is -0.620. The summed E-state index contributed by atoms with van der Waals surface area (Å²) in [6.45, 7) is -0.328. The third-order valence-corrected chi connectivity index (χ3v) is 3.70. The average molecular weight is 439 g/mol. The predicted octanol–water partition coefficient (Wildman–Crippen LogP) is 4.89. The average Bonchev–Trinajstić information content (AvgIpc) is 2.45.